The van der Waals surface area contributed by atoms with Gasteiger partial charge in [-0.25, -0.2) is 0 Å². The number of hydrogen-bond acceptors (Lipinski definition) is 5. The first-order valence-electron chi connectivity index (χ1n) is 7.54. The summed E-state index contributed by atoms with van der Waals surface area (Å²) in [6, 6.07) is 5.65. The molecule has 1 aliphatic rings. The van der Waals surface area contributed by atoms with Crippen molar-refractivity contribution in [2.75, 3.05) is 46.6 Å². The van der Waals surface area contributed by atoms with E-state index < -0.39 is 6.10 Å². The molecule has 0 aliphatic carbocycles. The number of nitrogens with zero attached hydrogens (tertiary/aromatic N) is 1. The lowest BCUT2D eigenvalue weighted by molar-refractivity contribution is 0.0889. The number of fused-ring (bicyclic) bond motifs is 1. The molecule has 0 amide bonds. The van der Waals surface area contributed by atoms with Crippen LogP contribution in [0.4, 0.5) is 0 Å². The predicted molar refractivity (Wildman–Crippen MR) is 81.0 cm³/mol. The number of benzene rings is 1. The van der Waals surface area contributed by atoms with Gasteiger partial charge in [-0.15, -0.1) is 0 Å². The van der Waals surface area contributed by atoms with Crippen LogP contribution in [0, 0.1) is 0 Å². The Morgan fingerprint density at radius 2 is 2.05 bits per heavy atom. The molecule has 1 unspecified atom stereocenters. The first-order chi connectivity index (χ1) is 10.2. The van der Waals surface area contributed by atoms with Gasteiger partial charge >= 0.3 is 0 Å². The molecule has 21 heavy (non-hydrogen) atoms. The zero-order valence-corrected chi connectivity index (χ0v) is 12.9. The number of hydrogen-bond donors (Lipinski definition) is 1. The maximum atomic E-state index is 10.3. The standard InChI is InChI=1S/C16H25NO4/c1-3-19-10-7-17(2)12-14(18)13-5-6-15-16(11-13)21-9-4-8-20-15/h5-6,11,14,18H,3-4,7-10,12H2,1-2H3. The van der Waals surface area contributed by atoms with Crippen molar-refractivity contribution >= 4 is 0 Å². The van der Waals surface area contributed by atoms with Crippen molar-refractivity contribution in [2.24, 2.45) is 0 Å². The topological polar surface area (TPSA) is 51.2 Å². The Balaban J connectivity index is 1.93. The zero-order valence-electron chi connectivity index (χ0n) is 12.9. The largest absolute Gasteiger partial charge is 0.490 e. The van der Waals surface area contributed by atoms with Crippen molar-refractivity contribution in [1.82, 2.24) is 4.90 Å². The van der Waals surface area contributed by atoms with E-state index >= 15 is 0 Å². The number of likely N-dealkylation sites (N-methyl/N-ethyl adjacent to an activating group) is 1. The third-order valence-electron chi connectivity index (χ3n) is 3.46. The Bertz CT molecular complexity index is 438. The summed E-state index contributed by atoms with van der Waals surface area (Å²) in [4.78, 5) is 2.06. The average Bonchev–Trinajstić information content (AvgIpc) is 2.71. The Labute approximate surface area is 126 Å². The number of aliphatic hydroxyl groups is 1. The molecule has 5 nitrogen and oxygen atoms in total. The van der Waals surface area contributed by atoms with Crippen LogP contribution in [0.3, 0.4) is 0 Å². The monoisotopic (exact) mass is 295 g/mol. The van der Waals surface area contributed by atoms with E-state index in [1.807, 2.05) is 32.2 Å². The average molecular weight is 295 g/mol. The van der Waals surface area contributed by atoms with Crippen LogP contribution < -0.4 is 9.47 Å². The summed E-state index contributed by atoms with van der Waals surface area (Å²) in [6.07, 6.45) is 0.334. The van der Waals surface area contributed by atoms with Crippen LogP contribution in [0.2, 0.25) is 0 Å². The lowest BCUT2D eigenvalue weighted by atomic mass is 10.1. The molecule has 0 saturated heterocycles. The molecule has 0 aromatic heterocycles. The Hall–Kier alpha value is -1.30. The molecule has 0 bridgehead atoms. The van der Waals surface area contributed by atoms with Crippen LogP contribution in [0.25, 0.3) is 0 Å². The molecular formula is C16H25NO4. The first-order valence-corrected chi connectivity index (χ1v) is 7.54. The third kappa shape index (κ3) is 4.88. The van der Waals surface area contributed by atoms with E-state index in [-0.39, 0.29) is 0 Å². The number of aliphatic hydroxyl groups excluding tert-OH is 1. The molecule has 0 saturated carbocycles. The minimum atomic E-state index is -0.547. The minimum absolute atomic E-state index is 0.547. The van der Waals surface area contributed by atoms with E-state index in [0.717, 1.165) is 36.6 Å². The summed E-state index contributed by atoms with van der Waals surface area (Å²) in [5.74, 6) is 1.48. The summed E-state index contributed by atoms with van der Waals surface area (Å²) in [6.45, 7) is 6.07. The fourth-order valence-electron chi connectivity index (χ4n) is 2.24. The number of rotatable bonds is 7. The van der Waals surface area contributed by atoms with Gasteiger partial charge in [0.05, 0.1) is 25.9 Å². The second-order valence-corrected chi connectivity index (χ2v) is 5.23. The van der Waals surface area contributed by atoms with Gasteiger partial charge in [0.15, 0.2) is 11.5 Å². The first kappa shape index (κ1) is 16.1. The maximum absolute atomic E-state index is 10.3. The smallest absolute Gasteiger partial charge is 0.161 e. The minimum Gasteiger partial charge on any atom is -0.490 e. The van der Waals surface area contributed by atoms with Crippen LogP contribution >= 0.6 is 0 Å². The van der Waals surface area contributed by atoms with Crippen molar-refractivity contribution in [3.05, 3.63) is 23.8 Å². The van der Waals surface area contributed by atoms with E-state index in [1.54, 1.807) is 0 Å². The van der Waals surface area contributed by atoms with Crippen LogP contribution in [-0.2, 0) is 4.74 Å². The normalized spacial score (nSPS) is 15.8. The third-order valence-corrected chi connectivity index (χ3v) is 3.46. The summed E-state index contributed by atoms with van der Waals surface area (Å²) in [5.41, 5.74) is 0.850. The molecule has 0 radical (unpaired) electrons. The van der Waals surface area contributed by atoms with Crippen molar-refractivity contribution in [3.63, 3.8) is 0 Å². The van der Waals surface area contributed by atoms with Crippen molar-refractivity contribution < 1.29 is 19.3 Å². The van der Waals surface area contributed by atoms with Crippen LogP contribution in [0.1, 0.15) is 25.0 Å². The van der Waals surface area contributed by atoms with Gasteiger partial charge in [0.25, 0.3) is 0 Å². The SMILES string of the molecule is CCOCCN(C)CC(O)c1ccc2c(c1)OCCCO2. The van der Waals surface area contributed by atoms with Crippen molar-refractivity contribution in [3.8, 4) is 11.5 Å². The van der Waals surface area contributed by atoms with Gasteiger partial charge in [0.1, 0.15) is 0 Å². The lowest BCUT2D eigenvalue weighted by Crippen LogP contribution is -2.28. The maximum Gasteiger partial charge on any atom is 0.161 e. The van der Waals surface area contributed by atoms with E-state index in [9.17, 15) is 5.11 Å². The highest BCUT2D eigenvalue weighted by Crippen LogP contribution is 2.32. The van der Waals surface area contributed by atoms with E-state index in [0.29, 0.717) is 26.4 Å². The molecule has 1 atom stereocenters. The highest BCUT2D eigenvalue weighted by atomic mass is 16.5. The second kappa shape index (κ2) is 8.22. The van der Waals surface area contributed by atoms with E-state index in [1.165, 1.54) is 0 Å². The molecule has 2 rings (SSSR count). The highest BCUT2D eigenvalue weighted by molar-refractivity contribution is 5.44. The van der Waals surface area contributed by atoms with Gasteiger partial charge in [-0.2, -0.15) is 0 Å². The van der Waals surface area contributed by atoms with E-state index in [2.05, 4.69) is 4.90 Å². The summed E-state index contributed by atoms with van der Waals surface area (Å²) >= 11 is 0. The summed E-state index contributed by atoms with van der Waals surface area (Å²) in [7, 11) is 1.98. The fourth-order valence-corrected chi connectivity index (χ4v) is 2.24. The molecule has 0 spiro atoms. The van der Waals surface area contributed by atoms with Crippen LogP contribution in [-0.4, -0.2) is 56.6 Å². The molecule has 1 aliphatic heterocycles. The van der Waals surface area contributed by atoms with Gasteiger partial charge in [0.2, 0.25) is 0 Å². The molecule has 1 aromatic carbocycles. The Kier molecular flexibility index (Phi) is 6.29. The van der Waals surface area contributed by atoms with Crippen LogP contribution in [0.5, 0.6) is 11.5 Å². The van der Waals surface area contributed by atoms with Gasteiger partial charge in [-0.1, -0.05) is 6.07 Å². The Morgan fingerprint density at radius 1 is 1.29 bits per heavy atom. The molecule has 1 aromatic rings. The van der Waals surface area contributed by atoms with Gasteiger partial charge in [0, 0.05) is 26.1 Å². The molecule has 1 heterocycles. The fraction of sp³-hybridized carbons (Fsp3) is 0.625. The van der Waals surface area contributed by atoms with Crippen molar-refractivity contribution in [1.29, 1.82) is 0 Å². The quantitative estimate of drug-likeness (QED) is 0.778. The van der Waals surface area contributed by atoms with E-state index in [4.69, 9.17) is 14.2 Å². The summed E-state index contributed by atoms with van der Waals surface area (Å²) in [5, 5.41) is 10.3. The molecule has 1 N–H and O–H groups in total. The highest BCUT2D eigenvalue weighted by Gasteiger charge is 2.15. The van der Waals surface area contributed by atoms with Gasteiger partial charge in [-0.3, -0.25) is 0 Å². The van der Waals surface area contributed by atoms with Gasteiger partial charge in [-0.05, 0) is 31.7 Å². The lowest BCUT2D eigenvalue weighted by Gasteiger charge is -2.21. The van der Waals surface area contributed by atoms with Gasteiger partial charge < -0.3 is 24.2 Å². The summed E-state index contributed by atoms with van der Waals surface area (Å²) < 4.78 is 16.6. The van der Waals surface area contributed by atoms with Crippen LogP contribution in [0.15, 0.2) is 18.2 Å². The molecule has 0 fully saturated rings. The second-order valence-electron chi connectivity index (χ2n) is 5.23. The zero-order chi connectivity index (χ0) is 15.1. The number of ether oxygens (including phenoxy) is 3. The van der Waals surface area contributed by atoms with Crippen molar-refractivity contribution in [2.45, 2.75) is 19.4 Å². The predicted octanol–water partition coefficient (Wildman–Crippen LogP) is 1.85. The Morgan fingerprint density at radius 3 is 2.81 bits per heavy atom. The molecule has 118 valence electrons. The molecule has 5 heteroatoms. The molecular weight excluding hydrogens is 270 g/mol.